The number of rotatable bonds is 9. The highest BCUT2D eigenvalue weighted by Gasteiger charge is 2.18. The van der Waals surface area contributed by atoms with Gasteiger partial charge in [-0.05, 0) is 31.2 Å². The Bertz CT molecular complexity index is 810. The zero-order valence-electron chi connectivity index (χ0n) is 18.2. The van der Waals surface area contributed by atoms with E-state index in [0.717, 1.165) is 29.6 Å². The van der Waals surface area contributed by atoms with E-state index in [1.165, 1.54) is 25.7 Å². The van der Waals surface area contributed by atoms with Crippen molar-refractivity contribution >= 4 is 11.9 Å². The molecule has 1 aromatic carbocycles. The van der Waals surface area contributed by atoms with Gasteiger partial charge in [-0.2, -0.15) is 0 Å². The molecule has 0 aliphatic heterocycles. The Labute approximate surface area is 179 Å². The van der Waals surface area contributed by atoms with Crippen molar-refractivity contribution in [1.82, 2.24) is 25.5 Å². The van der Waals surface area contributed by atoms with Crippen LogP contribution in [-0.2, 0) is 11.3 Å². The van der Waals surface area contributed by atoms with Gasteiger partial charge < -0.3 is 20.5 Å². The van der Waals surface area contributed by atoms with Crippen LogP contribution in [0.5, 0.6) is 0 Å². The van der Waals surface area contributed by atoms with Crippen molar-refractivity contribution in [3.63, 3.8) is 0 Å². The van der Waals surface area contributed by atoms with Gasteiger partial charge in [0.25, 0.3) is 0 Å². The number of carbonyl (C=O) groups excluding carboxylic acids is 1. The van der Waals surface area contributed by atoms with Gasteiger partial charge in [-0.15, -0.1) is 0 Å². The first kappa shape index (κ1) is 21.9. The van der Waals surface area contributed by atoms with E-state index in [0.29, 0.717) is 32.0 Å². The third kappa shape index (κ3) is 6.61. The molecular weight excluding hydrogens is 376 g/mol. The number of guanidine groups is 1. The summed E-state index contributed by atoms with van der Waals surface area (Å²) in [6.07, 6.45) is 7.44. The summed E-state index contributed by atoms with van der Waals surface area (Å²) in [4.78, 5) is 26.6. The maximum Gasteiger partial charge on any atom is 0.220 e. The summed E-state index contributed by atoms with van der Waals surface area (Å²) in [5.41, 5.74) is 2.12. The minimum Gasteiger partial charge on any atom is -0.357 e. The maximum atomic E-state index is 12.1. The molecule has 0 saturated heterocycles. The molecule has 1 aliphatic carbocycles. The standard InChI is InChI=1S/C23H34N6O/c1-3-24-23(26-14-13-25-22(30)15-18-9-7-8-10-18)29(2)17-21-27-16-20(28-21)19-11-5-4-6-12-19/h4-6,11-12,16,18H,3,7-10,13-15,17H2,1-2H3,(H,24,26)(H,25,30)(H,27,28). The van der Waals surface area contributed by atoms with Crippen molar-refractivity contribution in [2.24, 2.45) is 10.9 Å². The first-order valence-corrected chi connectivity index (χ1v) is 11.0. The van der Waals surface area contributed by atoms with Gasteiger partial charge in [0.1, 0.15) is 5.82 Å². The minimum absolute atomic E-state index is 0.152. The van der Waals surface area contributed by atoms with Crippen LogP contribution >= 0.6 is 0 Å². The Kier molecular flexibility index (Phi) is 8.30. The molecule has 1 aromatic heterocycles. The number of amides is 1. The fraction of sp³-hybridized carbons (Fsp3) is 0.522. The average Bonchev–Trinajstić information content (AvgIpc) is 3.43. The molecule has 3 N–H and O–H groups in total. The molecule has 2 aromatic rings. The topological polar surface area (TPSA) is 85.4 Å². The van der Waals surface area contributed by atoms with E-state index in [9.17, 15) is 4.79 Å². The van der Waals surface area contributed by atoms with E-state index in [1.807, 2.05) is 43.3 Å². The molecule has 3 rings (SSSR count). The number of carbonyl (C=O) groups is 1. The molecule has 1 heterocycles. The van der Waals surface area contributed by atoms with Crippen LogP contribution in [0.4, 0.5) is 0 Å². The van der Waals surface area contributed by atoms with Crippen LogP contribution in [0, 0.1) is 5.92 Å². The van der Waals surface area contributed by atoms with Crippen LogP contribution in [0.25, 0.3) is 11.3 Å². The van der Waals surface area contributed by atoms with Crippen LogP contribution in [0.15, 0.2) is 41.5 Å². The minimum atomic E-state index is 0.152. The number of H-pyrrole nitrogens is 1. The number of nitrogens with one attached hydrogen (secondary N) is 3. The van der Waals surface area contributed by atoms with Crippen LogP contribution in [0.1, 0.15) is 44.9 Å². The zero-order valence-corrected chi connectivity index (χ0v) is 18.2. The molecule has 1 saturated carbocycles. The lowest BCUT2D eigenvalue weighted by Gasteiger charge is -2.21. The molecule has 30 heavy (non-hydrogen) atoms. The number of imidazole rings is 1. The van der Waals surface area contributed by atoms with Gasteiger partial charge in [-0.3, -0.25) is 9.79 Å². The maximum absolute atomic E-state index is 12.1. The van der Waals surface area contributed by atoms with E-state index in [-0.39, 0.29) is 5.91 Å². The van der Waals surface area contributed by atoms with Crippen molar-refractivity contribution in [1.29, 1.82) is 0 Å². The van der Waals surface area contributed by atoms with Gasteiger partial charge in [-0.25, -0.2) is 4.98 Å². The number of aromatic amines is 1. The first-order valence-electron chi connectivity index (χ1n) is 11.0. The van der Waals surface area contributed by atoms with Gasteiger partial charge in [0.2, 0.25) is 5.91 Å². The number of aliphatic imine (C=N–C) groups is 1. The summed E-state index contributed by atoms with van der Waals surface area (Å²) >= 11 is 0. The summed E-state index contributed by atoms with van der Waals surface area (Å²) in [7, 11) is 1.99. The average molecular weight is 411 g/mol. The number of hydrogen-bond acceptors (Lipinski definition) is 3. The zero-order chi connectivity index (χ0) is 21.2. The molecule has 0 atom stereocenters. The molecule has 7 nitrogen and oxygen atoms in total. The lowest BCUT2D eigenvalue weighted by molar-refractivity contribution is -0.121. The van der Waals surface area contributed by atoms with E-state index in [1.54, 1.807) is 0 Å². The van der Waals surface area contributed by atoms with Crippen molar-refractivity contribution in [2.75, 3.05) is 26.7 Å². The number of hydrogen-bond donors (Lipinski definition) is 3. The number of benzene rings is 1. The third-order valence-corrected chi connectivity index (χ3v) is 5.44. The fourth-order valence-electron chi connectivity index (χ4n) is 3.88. The second-order valence-corrected chi connectivity index (χ2v) is 7.91. The van der Waals surface area contributed by atoms with Gasteiger partial charge in [0, 0.05) is 26.6 Å². The molecule has 1 fully saturated rings. The SMILES string of the molecule is CCNC(=NCCNC(=O)CC1CCCC1)N(C)Cc1ncc(-c2ccccc2)[nH]1. The smallest absolute Gasteiger partial charge is 0.220 e. The van der Waals surface area contributed by atoms with Gasteiger partial charge in [0.15, 0.2) is 5.96 Å². The molecule has 0 bridgehead atoms. The highest BCUT2D eigenvalue weighted by Crippen LogP contribution is 2.27. The summed E-state index contributed by atoms with van der Waals surface area (Å²) in [5, 5.41) is 6.32. The van der Waals surface area contributed by atoms with E-state index >= 15 is 0 Å². The Hall–Kier alpha value is -2.83. The van der Waals surface area contributed by atoms with E-state index in [2.05, 4.69) is 37.7 Å². The molecular formula is C23H34N6O. The molecule has 162 valence electrons. The monoisotopic (exact) mass is 410 g/mol. The van der Waals surface area contributed by atoms with Crippen LogP contribution < -0.4 is 10.6 Å². The highest BCUT2D eigenvalue weighted by molar-refractivity contribution is 5.80. The second-order valence-electron chi connectivity index (χ2n) is 7.91. The van der Waals surface area contributed by atoms with Crippen molar-refractivity contribution < 1.29 is 4.79 Å². The second kappa shape index (κ2) is 11.4. The summed E-state index contributed by atoms with van der Waals surface area (Å²) < 4.78 is 0. The van der Waals surface area contributed by atoms with Crippen molar-refractivity contribution in [2.45, 2.75) is 45.6 Å². The van der Waals surface area contributed by atoms with E-state index < -0.39 is 0 Å². The fourth-order valence-corrected chi connectivity index (χ4v) is 3.88. The van der Waals surface area contributed by atoms with Crippen LogP contribution in [0.3, 0.4) is 0 Å². The Balaban J connectivity index is 1.48. The Morgan fingerprint density at radius 2 is 2.00 bits per heavy atom. The lowest BCUT2D eigenvalue weighted by Crippen LogP contribution is -2.39. The van der Waals surface area contributed by atoms with Crippen molar-refractivity contribution in [3.8, 4) is 11.3 Å². The highest BCUT2D eigenvalue weighted by atomic mass is 16.1. The molecule has 1 aliphatic rings. The van der Waals surface area contributed by atoms with Crippen molar-refractivity contribution in [3.05, 3.63) is 42.4 Å². The first-order chi connectivity index (χ1) is 14.7. The molecule has 0 radical (unpaired) electrons. The van der Waals surface area contributed by atoms with Crippen LogP contribution in [0.2, 0.25) is 0 Å². The molecule has 0 spiro atoms. The Morgan fingerprint density at radius 1 is 1.23 bits per heavy atom. The third-order valence-electron chi connectivity index (χ3n) is 5.44. The van der Waals surface area contributed by atoms with Gasteiger partial charge in [-0.1, -0.05) is 43.2 Å². The normalized spacial score (nSPS) is 14.7. The number of nitrogens with zero attached hydrogens (tertiary/aromatic N) is 3. The number of aromatic nitrogens is 2. The lowest BCUT2D eigenvalue weighted by atomic mass is 10.0. The summed E-state index contributed by atoms with van der Waals surface area (Å²) in [6, 6.07) is 10.2. The van der Waals surface area contributed by atoms with Gasteiger partial charge in [0.05, 0.1) is 25.0 Å². The molecule has 1 amide bonds. The largest absolute Gasteiger partial charge is 0.357 e. The predicted molar refractivity (Wildman–Crippen MR) is 121 cm³/mol. The quantitative estimate of drug-likeness (QED) is 0.337. The predicted octanol–water partition coefficient (Wildman–Crippen LogP) is 3.17. The molecule has 0 unspecified atom stereocenters. The van der Waals surface area contributed by atoms with Crippen LogP contribution in [-0.4, -0.2) is 53.4 Å². The Morgan fingerprint density at radius 3 is 2.73 bits per heavy atom. The van der Waals surface area contributed by atoms with Gasteiger partial charge >= 0.3 is 0 Å². The summed E-state index contributed by atoms with van der Waals surface area (Å²) in [6.45, 7) is 4.56. The summed E-state index contributed by atoms with van der Waals surface area (Å²) in [5.74, 6) is 2.41. The molecule has 7 heteroatoms. The van der Waals surface area contributed by atoms with E-state index in [4.69, 9.17) is 0 Å².